The van der Waals surface area contributed by atoms with Crippen molar-refractivity contribution >= 4 is 11.9 Å². The van der Waals surface area contributed by atoms with Gasteiger partial charge in [0.1, 0.15) is 11.2 Å². The first-order valence-corrected chi connectivity index (χ1v) is 10.4. The Balaban J connectivity index is 1.41. The zero-order valence-electron chi connectivity index (χ0n) is 15.8. The van der Waals surface area contributed by atoms with E-state index in [1.165, 1.54) is 26.2 Å². The smallest absolute Gasteiger partial charge is 0.313 e. The summed E-state index contributed by atoms with van der Waals surface area (Å²) >= 11 is 0. The lowest BCUT2D eigenvalue weighted by Crippen LogP contribution is -2.60. The lowest BCUT2D eigenvalue weighted by atomic mass is 9.48. The van der Waals surface area contributed by atoms with Gasteiger partial charge < -0.3 is 9.47 Å². The Hall–Kier alpha value is -1.32. The molecule has 0 N–H and O–H groups in total. The van der Waals surface area contributed by atoms with Crippen molar-refractivity contribution in [1.82, 2.24) is 0 Å². The minimum absolute atomic E-state index is 0.0319. The molecule has 4 heteroatoms. The highest BCUT2D eigenvalue weighted by Crippen LogP contribution is 2.64. The van der Waals surface area contributed by atoms with Crippen molar-refractivity contribution in [2.75, 3.05) is 0 Å². The Morgan fingerprint density at radius 3 is 2.23 bits per heavy atom. The summed E-state index contributed by atoms with van der Waals surface area (Å²) in [5, 5.41) is 0. The van der Waals surface area contributed by atoms with E-state index in [4.69, 9.17) is 9.47 Å². The van der Waals surface area contributed by atoms with Crippen molar-refractivity contribution in [2.45, 2.75) is 82.3 Å². The van der Waals surface area contributed by atoms with Gasteiger partial charge in [0.05, 0.1) is 5.41 Å². The monoisotopic (exact) mass is 358 g/mol. The molecule has 6 fully saturated rings. The van der Waals surface area contributed by atoms with Crippen molar-refractivity contribution in [3.05, 3.63) is 12.7 Å². The summed E-state index contributed by atoms with van der Waals surface area (Å²) in [7, 11) is 0. The molecule has 6 bridgehead atoms. The van der Waals surface area contributed by atoms with Gasteiger partial charge in [-0.3, -0.25) is 9.59 Å². The predicted octanol–water partition coefficient (Wildman–Crippen LogP) is 4.18. The van der Waals surface area contributed by atoms with Crippen molar-refractivity contribution in [3.63, 3.8) is 0 Å². The SMILES string of the molecule is C=CC1(OC(=O)C23CC4CC(CC(OC(C)=O)(C4)C2)C3)CC2CCC1C2. The predicted molar refractivity (Wildman–Crippen MR) is 96.1 cm³/mol. The van der Waals surface area contributed by atoms with Crippen LogP contribution in [0.25, 0.3) is 0 Å². The maximum absolute atomic E-state index is 13.5. The van der Waals surface area contributed by atoms with E-state index < -0.39 is 16.6 Å². The number of fused-ring (bicyclic) bond motifs is 2. The molecule has 6 aliphatic rings. The summed E-state index contributed by atoms with van der Waals surface area (Å²) < 4.78 is 12.1. The van der Waals surface area contributed by atoms with Gasteiger partial charge >= 0.3 is 11.9 Å². The fraction of sp³-hybridized carbons (Fsp3) is 0.818. The van der Waals surface area contributed by atoms with E-state index in [2.05, 4.69) is 6.58 Å². The first kappa shape index (κ1) is 16.8. The van der Waals surface area contributed by atoms with E-state index >= 15 is 0 Å². The van der Waals surface area contributed by atoms with E-state index in [0.717, 1.165) is 38.5 Å². The lowest BCUT2D eigenvalue weighted by molar-refractivity contribution is -0.218. The van der Waals surface area contributed by atoms with Crippen LogP contribution in [-0.2, 0) is 19.1 Å². The number of hydrogen-bond donors (Lipinski definition) is 0. The van der Waals surface area contributed by atoms with Crippen LogP contribution in [0.3, 0.4) is 0 Å². The van der Waals surface area contributed by atoms with Gasteiger partial charge in [-0.15, -0.1) is 0 Å². The molecular weight excluding hydrogens is 328 g/mol. The minimum atomic E-state index is -0.447. The molecule has 5 atom stereocenters. The summed E-state index contributed by atoms with van der Waals surface area (Å²) in [5.41, 5.74) is -1.32. The topological polar surface area (TPSA) is 52.6 Å². The van der Waals surface area contributed by atoms with Crippen molar-refractivity contribution < 1.29 is 19.1 Å². The number of esters is 2. The van der Waals surface area contributed by atoms with Crippen LogP contribution in [0.15, 0.2) is 12.7 Å². The molecule has 0 spiro atoms. The quantitative estimate of drug-likeness (QED) is 0.559. The second kappa shape index (κ2) is 5.36. The van der Waals surface area contributed by atoms with Gasteiger partial charge in [-0.1, -0.05) is 6.58 Å². The molecule has 0 amide bonds. The number of ether oxygens (including phenoxy) is 2. The Kier molecular flexibility index (Phi) is 3.47. The van der Waals surface area contributed by atoms with Crippen LogP contribution >= 0.6 is 0 Å². The third kappa shape index (κ3) is 2.33. The zero-order chi connectivity index (χ0) is 18.2. The number of carbonyl (C=O) groups excluding carboxylic acids is 2. The van der Waals surface area contributed by atoms with E-state index in [9.17, 15) is 9.59 Å². The fourth-order valence-corrected chi connectivity index (χ4v) is 7.86. The van der Waals surface area contributed by atoms with Crippen LogP contribution in [0, 0.1) is 29.1 Å². The van der Waals surface area contributed by atoms with Crippen molar-refractivity contribution in [1.29, 1.82) is 0 Å². The van der Waals surface area contributed by atoms with Crippen LogP contribution in [0.4, 0.5) is 0 Å². The highest BCUT2D eigenvalue weighted by Gasteiger charge is 2.64. The summed E-state index contributed by atoms with van der Waals surface area (Å²) in [6.45, 7) is 5.53. The van der Waals surface area contributed by atoms with Crippen LogP contribution in [0.1, 0.15) is 71.1 Å². The van der Waals surface area contributed by atoms with E-state index in [1.54, 1.807) is 0 Å². The molecule has 0 aliphatic heterocycles. The van der Waals surface area contributed by atoms with Gasteiger partial charge in [-0.25, -0.2) is 0 Å². The standard InChI is InChI=1S/C22H30O4/c1-3-22(12-15-4-5-18(22)7-15)26-19(24)20-8-16-6-17(9-20)11-21(10-16,13-20)25-14(2)23/h3,15-18H,1,4-13H2,2H3. The van der Waals surface area contributed by atoms with Gasteiger partial charge in [0, 0.05) is 19.3 Å². The molecule has 6 aliphatic carbocycles. The summed E-state index contributed by atoms with van der Waals surface area (Å²) in [6.07, 6.45) is 12.0. The maximum Gasteiger partial charge on any atom is 0.313 e. The summed E-state index contributed by atoms with van der Waals surface area (Å²) in [5.74, 6) is 1.87. The van der Waals surface area contributed by atoms with Crippen LogP contribution in [0.5, 0.6) is 0 Å². The van der Waals surface area contributed by atoms with Gasteiger partial charge in [-0.2, -0.15) is 0 Å². The molecule has 26 heavy (non-hydrogen) atoms. The van der Waals surface area contributed by atoms with Crippen molar-refractivity contribution in [3.8, 4) is 0 Å². The number of rotatable bonds is 4. The lowest BCUT2D eigenvalue weighted by Gasteiger charge is -2.60. The zero-order valence-corrected chi connectivity index (χ0v) is 15.8. The molecule has 0 heterocycles. The van der Waals surface area contributed by atoms with E-state index in [0.29, 0.717) is 30.1 Å². The van der Waals surface area contributed by atoms with Crippen LogP contribution in [0.2, 0.25) is 0 Å². The Morgan fingerprint density at radius 2 is 1.69 bits per heavy atom. The fourth-order valence-electron chi connectivity index (χ4n) is 7.86. The summed E-state index contributed by atoms with van der Waals surface area (Å²) in [4.78, 5) is 25.2. The maximum atomic E-state index is 13.5. The average molecular weight is 358 g/mol. The average Bonchev–Trinajstić information content (AvgIpc) is 3.13. The molecule has 0 radical (unpaired) electrons. The highest BCUT2D eigenvalue weighted by molar-refractivity contribution is 5.79. The van der Waals surface area contributed by atoms with Gasteiger partial charge in [0.15, 0.2) is 0 Å². The van der Waals surface area contributed by atoms with Gasteiger partial charge in [-0.05, 0) is 81.6 Å². The normalized spacial score (nSPS) is 50.7. The first-order valence-electron chi connectivity index (χ1n) is 10.4. The second-order valence-electron chi connectivity index (χ2n) is 10.1. The largest absolute Gasteiger partial charge is 0.459 e. The molecular formula is C22H30O4. The molecule has 6 rings (SSSR count). The minimum Gasteiger partial charge on any atom is -0.459 e. The number of carbonyl (C=O) groups is 2. The summed E-state index contributed by atoms with van der Waals surface area (Å²) in [6, 6.07) is 0. The first-order chi connectivity index (χ1) is 12.4. The number of hydrogen-bond acceptors (Lipinski definition) is 4. The third-order valence-corrected chi connectivity index (χ3v) is 8.27. The molecule has 0 aromatic rings. The molecule has 5 unspecified atom stereocenters. The van der Waals surface area contributed by atoms with Crippen molar-refractivity contribution in [2.24, 2.45) is 29.1 Å². The third-order valence-electron chi connectivity index (χ3n) is 8.27. The molecule has 142 valence electrons. The van der Waals surface area contributed by atoms with E-state index in [1.807, 2.05) is 6.08 Å². The molecule has 6 saturated carbocycles. The van der Waals surface area contributed by atoms with Crippen LogP contribution < -0.4 is 0 Å². The Bertz CT molecular complexity index is 653. The Morgan fingerprint density at radius 1 is 0.962 bits per heavy atom. The highest BCUT2D eigenvalue weighted by atomic mass is 16.6. The van der Waals surface area contributed by atoms with Gasteiger partial charge in [0.2, 0.25) is 0 Å². The van der Waals surface area contributed by atoms with Crippen LogP contribution in [-0.4, -0.2) is 23.1 Å². The van der Waals surface area contributed by atoms with Gasteiger partial charge in [0.25, 0.3) is 0 Å². The molecule has 0 aromatic carbocycles. The molecule has 0 aromatic heterocycles. The molecule has 0 saturated heterocycles. The van der Waals surface area contributed by atoms with E-state index in [-0.39, 0.29) is 11.9 Å². The second-order valence-corrected chi connectivity index (χ2v) is 10.1. The molecule has 4 nitrogen and oxygen atoms in total. The Labute approximate surface area is 155 Å².